The van der Waals surface area contributed by atoms with Crippen LogP contribution in [0, 0.1) is 5.92 Å². The number of nitrogens with zero attached hydrogens (tertiary/aromatic N) is 3. The van der Waals surface area contributed by atoms with Gasteiger partial charge in [0.15, 0.2) is 0 Å². The molecule has 1 heterocycles. The first-order valence-corrected chi connectivity index (χ1v) is 6.27. The van der Waals surface area contributed by atoms with E-state index < -0.39 is 0 Å². The second-order valence-electron chi connectivity index (χ2n) is 4.70. The van der Waals surface area contributed by atoms with Crippen molar-refractivity contribution < 1.29 is 4.79 Å². The molecule has 18 heavy (non-hydrogen) atoms. The molecule has 1 aromatic rings. The normalized spacial score (nSPS) is 11.0. The third-order valence-corrected chi connectivity index (χ3v) is 2.42. The molecule has 1 amide bonds. The van der Waals surface area contributed by atoms with Gasteiger partial charge in [0, 0.05) is 13.1 Å². The number of carbonyl (C=O) groups is 1. The summed E-state index contributed by atoms with van der Waals surface area (Å²) in [6.07, 6.45) is 3.12. The molecule has 100 valence electrons. The van der Waals surface area contributed by atoms with Crippen LogP contribution >= 0.6 is 11.6 Å². The molecule has 0 aliphatic carbocycles. The molecule has 0 fully saturated rings. The summed E-state index contributed by atoms with van der Waals surface area (Å²) < 4.78 is 0. The fourth-order valence-electron chi connectivity index (χ4n) is 1.37. The summed E-state index contributed by atoms with van der Waals surface area (Å²) in [4.78, 5) is 21.6. The van der Waals surface area contributed by atoms with Crippen LogP contribution in [-0.4, -0.2) is 40.9 Å². The van der Waals surface area contributed by atoms with E-state index in [1.165, 1.54) is 6.20 Å². The van der Waals surface area contributed by atoms with Crippen LogP contribution in [0.2, 0.25) is 5.15 Å². The molecule has 6 heteroatoms. The standard InChI is InChI=1S/C12H19ClN4O/c1-9(2)4-16-12(18)8-17(3)7-10-5-15-11(13)6-14-10/h5-6,9H,4,7-8H2,1-3H3,(H,16,18). The van der Waals surface area contributed by atoms with Gasteiger partial charge in [-0.05, 0) is 13.0 Å². The second kappa shape index (κ2) is 7.28. The molecule has 0 saturated heterocycles. The maximum atomic E-state index is 11.6. The minimum atomic E-state index is 0.0214. The summed E-state index contributed by atoms with van der Waals surface area (Å²) in [5, 5.41) is 3.24. The van der Waals surface area contributed by atoms with Crippen molar-refractivity contribution in [1.82, 2.24) is 20.2 Å². The van der Waals surface area contributed by atoms with Crippen molar-refractivity contribution in [3.8, 4) is 0 Å². The Kier molecular flexibility index (Phi) is 6.01. The Morgan fingerprint density at radius 2 is 2.17 bits per heavy atom. The molecule has 0 unspecified atom stereocenters. The lowest BCUT2D eigenvalue weighted by Crippen LogP contribution is -2.36. The third kappa shape index (κ3) is 5.93. The van der Waals surface area contributed by atoms with Crippen LogP contribution < -0.4 is 5.32 Å². The van der Waals surface area contributed by atoms with Gasteiger partial charge in [-0.1, -0.05) is 25.4 Å². The largest absolute Gasteiger partial charge is 0.355 e. The van der Waals surface area contributed by atoms with Gasteiger partial charge in [0.2, 0.25) is 5.91 Å². The Morgan fingerprint density at radius 3 is 2.72 bits per heavy atom. The van der Waals surface area contributed by atoms with Crippen LogP contribution in [-0.2, 0) is 11.3 Å². The minimum absolute atomic E-state index is 0.0214. The predicted octanol–water partition coefficient (Wildman–Crippen LogP) is 1.33. The molecular formula is C12H19ClN4O. The highest BCUT2D eigenvalue weighted by atomic mass is 35.5. The SMILES string of the molecule is CC(C)CNC(=O)CN(C)Cc1cnc(Cl)cn1. The minimum Gasteiger partial charge on any atom is -0.355 e. The zero-order valence-electron chi connectivity index (χ0n) is 11.0. The first kappa shape index (κ1) is 14.9. The fourth-order valence-corrected chi connectivity index (χ4v) is 1.47. The Labute approximate surface area is 113 Å². The van der Waals surface area contributed by atoms with Crippen molar-refractivity contribution in [3.63, 3.8) is 0 Å². The zero-order valence-corrected chi connectivity index (χ0v) is 11.7. The highest BCUT2D eigenvalue weighted by Crippen LogP contribution is 2.03. The lowest BCUT2D eigenvalue weighted by Gasteiger charge is -2.16. The van der Waals surface area contributed by atoms with Gasteiger partial charge in [-0.15, -0.1) is 0 Å². The molecule has 1 rings (SSSR count). The van der Waals surface area contributed by atoms with E-state index in [9.17, 15) is 4.79 Å². The number of aromatic nitrogens is 2. The van der Waals surface area contributed by atoms with Gasteiger partial charge >= 0.3 is 0 Å². The number of likely N-dealkylation sites (N-methyl/N-ethyl adjacent to an activating group) is 1. The first-order chi connectivity index (χ1) is 8.47. The van der Waals surface area contributed by atoms with Crippen LogP contribution in [0.4, 0.5) is 0 Å². The molecule has 0 spiro atoms. The topological polar surface area (TPSA) is 58.1 Å². The quantitative estimate of drug-likeness (QED) is 0.847. The predicted molar refractivity (Wildman–Crippen MR) is 71.2 cm³/mol. The molecular weight excluding hydrogens is 252 g/mol. The average molecular weight is 271 g/mol. The number of carbonyl (C=O) groups excluding carboxylic acids is 1. The van der Waals surface area contributed by atoms with Crippen molar-refractivity contribution in [2.24, 2.45) is 5.92 Å². The van der Waals surface area contributed by atoms with Gasteiger partial charge in [-0.3, -0.25) is 14.7 Å². The summed E-state index contributed by atoms with van der Waals surface area (Å²) in [6.45, 7) is 5.74. The number of amides is 1. The van der Waals surface area contributed by atoms with Crippen LogP contribution in [0.1, 0.15) is 19.5 Å². The Morgan fingerprint density at radius 1 is 1.44 bits per heavy atom. The molecule has 1 aromatic heterocycles. The summed E-state index contributed by atoms with van der Waals surface area (Å²) >= 11 is 5.65. The average Bonchev–Trinajstić information content (AvgIpc) is 2.29. The summed E-state index contributed by atoms with van der Waals surface area (Å²) in [6, 6.07) is 0. The summed E-state index contributed by atoms with van der Waals surface area (Å²) in [5.74, 6) is 0.481. The van der Waals surface area contributed by atoms with Crippen molar-refractivity contribution in [1.29, 1.82) is 0 Å². The molecule has 5 nitrogen and oxygen atoms in total. The number of hydrogen-bond acceptors (Lipinski definition) is 4. The fraction of sp³-hybridized carbons (Fsp3) is 0.583. The summed E-state index contributed by atoms with van der Waals surface area (Å²) in [5.41, 5.74) is 0.790. The number of halogens is 1. The van der Waals surface area contributed by atoms with Crippen molar-refractivity contribution >= 4 is 17.5 Å². The second-order valence-corrected chi connectivity index (χ2v) is 5.09. The van der Waals surface area contributed by atoms with Crippen molar-refractivity contribution in [3.05, 3.63) is 23.2 Å². The molecule has 0 aliphatic heterocycles. The van der Waals surface area contributed by atoms with Gasteiger partial charge in [0.25, 0.3) is 0 Å². The van der Waals surface area contributed by atoms with Crippen LogP contribution in [0.25, 0.3) is 0 Å². The Bertz CT molecular complexity index is 380. The molecule has 0 atom stereocenters. The first-order valence-electron chi connectivity index (χ1n) is 5.89. The van der Waals surface area contributed by atoms with E-state index in [0.717, 1.165) is 5.69 Å². The van der Waals surface area contributed by atoms with E-state index in [4.69, 9.17) is 11.6 Å². The highest BCUT2D eigenvalue weighted by Gasteiger charge is 2.08. The van der Waals surface area contributed by atoms with Crippen LogP contribution in [0.3, 0.4) is 0 Å². The molecule has 0 radical (unpaired) electrons. The van der Waals surface area contributed by atoms with E-state index in [1.54, 1.807) is 6.20 Å². The van der Waals surface area contributed by atoms with Gasteiger partial charge in [0.1, 0.15) is 5.15 Å². The lowest BCUT2D eigenvalue weighted by atomic mass is 10.2. The molecule has 0 saturated carbocycles. The zero-order chi connectivity index (χ0) is 13.5. The van der Waals surface area contributed by atoms with Crippen molar-refractivity contribution in [2.45, 2.75) is 20.4 Å². The highest BCUT2D eigenvalue weighted by molar-refractivity contribution is 6.29. The van der Waals surface area contributed by atoms with Gasteiger partial charge < -0.3 is 5.32 Å². The molecule has 0 bridgehead atoms. The van der Waals surface area contributed by atoms with E-state index >= 15 is 0 Å². The van der Waals surface area contributed by atoms with Gasteiger partial charge in [0.05, 0.1) is 24.6 Å². The van der Waals surface area contributed by atoms with E-state index in [2.05, 4.69) is 29.1 Å². The smallest absolute Gasteiger partial charge is 0.234 e. The molecule has 0 aromatic carbocycles. The van der Waals surface area contributed by atoms with E-state index in [1.807, 2.05) is 11.9 Å². The Hall–Kier alpha value is -1.20. The van der Waals surface area contributed by atoms with Crippen LogP contribution in [0.5, 0.6) is 0 Å². The summed E-state index contributed by atoms with van der Waals surface area (Å²) in [7, 11) is 1.87. The van der Waals surface area contributed by atoms with Crippen molar-refractivity contribution in [2.75, 3.05) is 20.1 Å². The third-order valence-electron chi connectivity index (χ3n) is 2.23. The monoisotopic (exact) mass is 270 g/mol. The molecule has 0 aliphatic rings. The van der Waals surface area contributed by atoms with E-state index in [0.29, 0.717) is 30.7 Å². The number of hydrogen-bond donors (Lipinski definition) is 1. The van der Waals surface area contributed by atoms with E-state index in [-0.39, 0.29) is 5.91 Å². The lowest BCUT2D eigenvalue weighted by molar-refractivity contribution is -0.122. The molecule has 1 N–H and O–H groups in total. The van der Waals surface area contributed by atoms with Gasteiger partial charge in [-0.25, -0.2) is 4.98 Å². The maximum absolute atomic E-state index is 11.6. The Balaban J connectivity index is 2.34. The van der Waals surface area contributed by atoms with Gasteiger partial charge in [-0.2, -0.15) is 0 Å². The maximum Gasteiger partial charge on any atom is 0.234 e. The van der Waals surface area contributed by atoms with Crippen LogP contribution in [0.15, 0.2) is 12.4 Å². The number of rotatable bonds is 6. The number of nitrogens with one attached hydrogen (secondary N) is 1.